The number of nitrogen functional groups attached to an aromatic ring is 1. The first-order valence-corrected chi connectivity index (χ1v) is 7.17. The maximum absolute atomic E-state index is 6.05. The summed E-state index contributed by atoms with van der Waals surface area (Å²) in [5, 5.41) is 0. The zero-order valence-corrected chi connectivity index (χ0v) is 11.7. The summed E-state index contributed by atoms with van der Waals surface area (Å²) in [4.78, 5) is 0. The van der Waals surface area contributed by atoms with E-state index in [9.17, 15) is 0 Å². The minimum absolute atomic E-state index is 0.584. The average molecular weight is 251 g/mol. The molecule has 0 radical (unpaired) electrons. The summed E-state index contributed by atoms with van der Waals surface area (Å²) in [6, 6.07) is 13.2. The molecule has 0 amide bonds. The number of hydrogen-bond donors (Lipinski definition) is 1. The van der Waals surface area contributed by atoms with Crippen LogP contribution < -0.4 is 5.73 Å². The fourth-order valence-electron chi connectivity index (χ4n) is 3.04. The number of benzene rings is 2. The quantitative estimate of drug-likeness (QED) is 0.779. The Morgan fingerprint density at radius 2 is 1.74 bits per heavy atom. The lowest BCUT2D eigenvalue weighted by atomic mass is 9.94. The van der Waals surface area contributed by atoms with Crippen molar-refractivity contribution in [2.24, 2.45) is 0 Å². The SMILES string of the molecule is CC(C)c1ccc(-c2cc(N)cc3c2CCC3)cc1. The van der Waals surface area contributed by atoms with E-state index in [0.717, 1.165) is 5.69 Å². The molecule has 0 heterocycles. The molecule has 1 nitrogen and oxygen atoms in total. The third kappa shape index (κ3) is 2.25. The van der Waals surface area contributed by atoms with Crippen LogP contribution in [0.1, 0.15) is 42.9 Å². The van der Waals surface area contributed by atoms with Crippen molar-refractivity contribution in [3.63, 3.8) is 0 Å². The first-order chi connectivity index (χ1) is 9.15. The smallest absolute Gasteiger partial charge is 0.0323 e. The first kappa shape index (κ1) is 12.3. The van der Waals surface area contributed by atoms with E-state index in [2.05, 4.69) is 50.2 Å². The highest BCUT2D eigenvalue weighted by Crippen LogP contribution is 2.35. The van der Waals surface area contributed by atoms with Crippen LogP contribution in [0.2, 0.25) is 0 Å². The third-order valence-electron chi connectivity index (χ3n) is 4.13. The number of anilines is 1. The lowest BCUT2D eigenvalue weighted by molar-refractivity contribution is 0.867. The van der Waals surface area contributed by atoms with Crippen molar-refractivity contribution in [2.45, 2.75) is 39.0 Å². The van der Waals surface area contributed by atoms with Gasteiger partial charge in [0.1, 0.15) is 0 Å². The summed E-state index contributed by atoms with van der Waals surface area (Å²) >= 11 is 0. The number of fused-ring (bicyclic) bond motifs is 1. The summed E-state index contributed by atoms with van der Waals surface area (Å²) in [5.41, 5.74) is 13.9. The molecule has 1 aliphatic carbocycles. The van der Waals surface area contributed by atoms with Gasteiger partial charge in [0.25, 0.3) is 0 Å². The minimum Gasteiger partial charge on any atom is -0.399 e. The molecular formula is C18H21N. The van der Waals surface area contributed by atoms with Gasteiger partial charge in [-0.3, -0.25) is 0 Å². The molecule has 19 heavy (non-hydrogen) atoms. The van der Waals surface area contributed by atoms with Crippen LogP contribution in [-0.2, 0) is 12.8 Å². The van der Waals surface area contributed by atoms with Crippen LogP contribution in [-0.4, -0.2) is 0 Å². The molecule has 0 aromatic heterocycles. The summed E-state index contributed by atoms with van der Waals surface area (Å²) < 4.78 is 0. The van der Waals surface area contributed by atoms with Crippen molar-refractivity contribution in [1.29, 1.82) is 0 Å². The fourth-order valence-corrected chi connectivity index (χ4v) is 3.04. The largest absolute Gasteiger partial charge is 0.399 e. The van der Waals surface area contributed by atoms with Gasteiger partial charge >= 0.3 is 0 Å². The van der Waals surface area contributed by atoms with Gasteiger partial charge in [-0.15, -0.1) is 0 Å². The summed E-state index contributed by atoms with van der Waals surface area (Å²) in [5.74, 6) is 0.584. The molecule has 1 aliphatic rings. The van der Waals surface area contributed by atoms with Crippen molar-refractivity contribution in [1.82, 2.24) is 0 Å². The second-order valence-electron chi connectivity index (χ2n) is 5.84. The molecule has 98 valence electrons. The molecule has 3 rings (SSSR count). The van der Waals surface area contributed by atoms with E-state index in [1.165, 1.54) is 47.1 Å². The van der Waals surface area contributed by atoms with Gasteiger partial charge in [0, 0.05) is 5.69 Å². The summed E-state index contributed by atoms with van der Waals surface area (Å²) in [6.07, 6.45) is 3.63. The summed E-state index contributed by atoms with van der Waals surface area (Å²) in [6.45, 7) is 4.46. The Hall–Kier alpha value is -1.76. The Kier molecular flexibility index (Phi) is 3.06. The van der Waals surface area contributed by atoms with Crippen LogP contribution in [0.5, 0.6) is 0 Å². The van der Waals surface area contributed by atoms with Crippen LogP contribution in [0.3, 0.4) is 0 Å². The predicted octanol–water partition coefficient (Wildman–Crippen LogP) is 4.55. The molecule has 0 atom stereocenters. The first-order valence-electron chi connectivity index (χ1n) is 7.17. The molecule has 0 spiro atoms. The third-order valence-corrected chi connectivity index (χ3v) is 4.13. The lowest BCUT2D eigenvalue weighted by Gasteiger charge is -2.12. The van der Waals surface area contributed by atoms with E-state index in [4.69, 9.17) is 5.73 Å². The minimum atomic E-state index is 0.584. The Morgan fingerprint density at radius 1 is 1.00 bits per heavy atom. The Balaban J connectivity index is 2.07. The van der Waals surface area contributed by atoms with Crippen LogP contribution in [0.25, 0.3) is 11.1 Å². The van der Waals surface area contributed by atoms with Crippen molar-refractivity contribution < 1.29 is 0 Å². The van der Waals surface area contributed by atoms with Gasteiger partial charge in [-0.05, 0) is 65.1 Å². The number of hydrogen-bond acceptors (Lipinski definition) is 1. The maximum Gasteiger partial charge on any atom is 0.0323 e. The molecule has 2 N–H and O–H groups in total. The Labute approximate surface area is 115 Å². The standard InChI is InChI=1S/C18H21N/c1-12(2)13-6-8-14(9-7-13)18-11-16(19)10-15-4-3-5-17(15)18/h6-12H,3-5,19H2,1-2H3. The molecule has 2 aromatic carbocycles. The molecule has 0 saturated carbocycles. The van der Waals surface area contributed by atoms with Gasteiger partial charge in [-0.1, -0.05) is 38.1 Å². The van der Waals surface area contributed by atoms with Crippen LogP contribution >= 0.6 is 0 Å². The topological polar surface area (TPSA) is 26.0 Å². The highest BCUT2D eigenvalue weighted by molar-refractivity contribution is 5.73. The average Bonchev–Trinajstić information content (AvgIpc) is 2.85. The Morgan fingerprint density at radius 3 is 2.42 bits per heavy atom. The molecule has 0 aliphatic heterocycles. The van der Waals surface area contributed by atoms with E-state index in [1.807, 2.05) is 0 Å². The monoisotopic (exact) mass is 251 g/mol. The van der Waals surface area contributed by atoms with Crippen molar-refractivity contribution in [3.8, 4) is 11.1 Å². The molecule has 0 fully saturated rings. The maximum atomic E-state index is 6.05. The van der Waals surface area contributed by atoms with E-state index in [0.29, 0.717) is 5.92 Å². The summed E-state index contributed by atoms with van der Waals surface area (Å²) in [7, 11) is 0. The number of nitrogens with two attached hydrogens (primary N) is 1. The molecule has 2 aromatic rings. The van der Waals surface area contributed by atoms with Crippen molar-refractivity contribution in [3.05, 3.63) is 53.1 Å². The van der Waals surface area contributed by atoms with E-state index in [1.54, 1.807) is 0 Å². The van der Waals surface area contributed by atoms with E-state index < -0.39 is 0 Å². The van der Waals surface area contributed by atoms with E-state index in [-0.39, 0.29) is 0 Å². The normalized spacial score (nSPS) is 13.8. The van der Waals surface area contributed by atoms with Crippen LogP contribution in [0.15, 0.2) is 36.4 Å². The van der Waals surface area contributed by atoms with Gasteiger partial charge in [0.05, 0.1) is 0 Å². The highest BCUT2D eigenvalue weighted by Gasteiger charge is 2.16. The molecule has 0 bridgehead atoms. The highest BCUT2D eigenvalue weighted by atomic mass is 14.5. The number of aryl methyl sites for hydroxylation is 1. The second-order valence-corrected chi connectivity index (χ2v) is 5.84. The molecule has 1 heteroatoms. The predicted molar refractivity (Wildman–Crippen MR) is 82.4 cm³/mol. The van der Waals surface area contributed by atoms with Crippen molar-refractivity contribution in [2.75, 3.05) is 5.73 Å². The van der Waals surface area contributed by atoms with Gasteiger partial charge in [0.2, 0.25) is 0 Å². The lowest BCUT2D eigenvalue weighted by Crippen LogP contribution is -1.94. The van der Waals surface area contributed by atoms with Gasteiger partial charge < -0.3 is 5.73 Å². The fraction of sp³-hybridized carbons (Fsp3) is 0.333. The zero-order valence-electron chi connectivity index (χ0n) is 11.7. The number of rotatable bonds is 2. The van der Waals surface area contributed by atoms with Gasteiger partial charge in [0.15, 0.2) is 0 Å². The molecular weight excluding hydrogens is 230 g/mol. The van der Waals surface area contributed by atoms with Gasteiger partial charge in [-0.2, -0.15) is 0 Å². The Bertz CT molecular complexity index is 594. The molecule has 0 saturated heterocycles. The van der Waals surface area contributed by atoms with Crippen LogP contribution in [0.4, 0.5) is 5.69 Å². The zero-order chi connectivity index (χ0) is 13.4. The van der Waals surface area contributed by atoms with Gasteiger partial charge in [-0.25, -0.2) is 0 Å². The van der Waals surface area contributed by atoms with Crippen molar-refractivity contribution >= 4 is 5.69 Å². The van der Waals surface area contributed by atoms with Crippen LogP contribution in [0, 0.1) is 0 Å². The second kappa shape index (κ2) is 4.73. The molecule has 0 unspecified atom stereocenters. The van der Waals surface area contributed by atoms with E-state index >= 15 is 0 Å².